The second kappa shape index (κ2) is 11.2. The van der Waals surface area contributed by atoms with Crippen molar-refractivity contribution in [2.24, 2.45) is 0 Å². The van der Waals surface area contributed by atoms with E-state index in [1.54, 1.807) is 45.0 Å². The molecule has 184 valence electrons. The largest absolute Gasteiger partial charge is 0.489 e. The van der Waals surface area contributed by atoms with Gasteiger partial charge in [0.2, 0.25) is 10.0 Å². The Morgan fingerprint density at radius 1 is 0.857 bits per heavy atom. The Morgan fingerprint density at radius 2 is 1.49 bits per heavy atom. The predicted molar refractivity (Wildman–Crippen MR) is 133 cm³/mol. The Balaban J connectivity index is 1.54. The fraction of sp³-hybridized carbons (Fsp3) is 0.231. The molecule has 2 N–H and O–H groups in total. The van der Waals surface area contributed by atoms with Gasteiger partial charge in [-0.15, -0.1) is 0 Å². The zero-order chi connectivity index (χ0) is 25.5. The molecule has 35 heavy (non-hydrogen) atoms. The number of amides is 1. The average molecular weight is 497 g/mol. The van der Waals surface area contributed by atoms with Gasteiger partial charge in [-0.25, -0.2) is 8.42 Å². The van der Waals surface area contributed by atoms with Crippen LogP contribution in [0.1, 0.15) is 36.7 Å². The highest BCUT2D eigenvalue weighted by atomic mass is 32.2. The van der Waals surface area contributed by atoms with Crippen LogP contribution in [0.5, 0.6) is 5.75 Å². The Kier molecular flexibility index (Phi) is 8.26. The summed E-state index contributed by atoms with van der Waals surface area (Å²) in [5.41, 5.74) is 1.18. The number of sulfonamides is 1. The summed E-state index contributed by atoms with van der Waals surface area (Å²) in [6, 6.07) is 22.1. The molecule has 3 aromatic rings. The van der Waals surface area contributed by atoms with E-state index in [1.165, 1.54) is 24.3 Å². The molecule has 0 bridgehead atoms. The summed E-state index contributed by atoms with van der Waals surface area (Å²) in [5, 5.41) is 2.72. The summed E-state index contributed by atoms with van der Waals surface area (Å²) in [6.45, 7) is 5.03. The van der Waals surface area contributed by atoms with Gasteiger partial charge in [0.15, 0.2) is 0 Å². The van der Waals surface area contributed by atoms with Crippen LogP contribution in [0, 0.1) is 0 Å². The van der Waals surface area contributed by atoms with Gasteiger partial charge < -0.3 is 14.8 Å². The van der Waals surface area contributed by atoms with Crippen LogP contribution in [-0.2, 0) is 26.2 Å². The van der Waals surface area contributed by atoms with Crippen molar-refractivity contribution >= 4 is 27.6 Å². The van der Waals surface area contributed by atoms with Crippen molar-refractivity contribution in [3.8, 4) is 5.75 Å². The standard InChI is InChI=1S/C26H28N2O6S/c1-26(2,3)34-24(29)17-27-35(31,32)23-15-11-21(12-16-23)28-25(30)20-9-13-22(14-10-20)33-18-19-7-5-4-6-8-19/h4-16,27H,17-18H2,1-3H3,(H,28,30). The van der Waals surface area contributed by atoms with E-state index in [9.17, 15) is 18.0 Å². The van der Waals surface area contributed by atoms with E-state index in [-0.39, 0.29) is 10.8 Å². The van der Waals surface area contributed by atoms with Crippen LogP contribution in [0.2, 0.25) is 0 Å². The monoisotopic (exact) mass is 496 g/mol. The molecule has 0 aliphatic heterocycles. The number of rotatable bonds is 9. The normalized spacial score (nSPS) is 11.5. The number of nitrogens with one attached hydrogen (secondary N) is 2. The van der Waals surface area contributed by atoms with Gasteiger partial charge in [-0.2, -0.15) is 4.72 Å². The van der Waals surface area contributed by atoms with Crippen molar-refractivity contribution < 1.29 is 27.5 Å². The minimum atomic E-state index is -3.92. The average Bonchev–Trinajstić information content (AvgIpc) is 2.82. The molecule has 0 heterocycles. The van der Waals surface area contributed by atoms with Gasteiger partial charge in [0, 0.05) is 11.3 Å². The van der Waals surface area contributed by atoms with E-state index in [2.05, 4.69) is 10.0 Å². The van der Waals surface area contributed by atoms with Crippen molar-refractivity contribution in [2.45, 2.75) is 37.9 Å². The molecule has 0 spiro atoms. The molecule has 0 aliphatic rings. The van der Waals surface area contributed by atoms with Crippen molar-refractivity contribution in [3.05, 3.63) is 90.0 Å². The van der Waals surface area contributed by atoms with Crippen molar-refractivity contribution in [1.29, 1.82) is 0 Å². The molecule has 0 radical (unpaired) electrons. The van der Waals surface area contributed by atoms with Gasteiger partial charge >= 0.3 is 5.97 Å². The first-order chi connectivity index (χ1) is 16.5. The number of hydrogen-bond acceptors (Lipinski definition) is 6. The van der Waals surface area contributed by atoms with Crippen LogP contribution in [0.4, 0.5) is 5.69 Å². The van der Waals surface area contributed by atoms with Gasteiger partial charge in [-0.1, -0.05) is 30.3 Å². The van der Waals surface area contributed by atoms with Crippen LogP contribution >= 0.6 is 0 Å². The van der Waals surface area contributed by atoms with E-state index in [1.807, 2.05) is 30.3 Å². The second-order valence-electron chi connectivity index (χ2n) is 8.69. The van der Waals surface area contributed by atoms with Crippen LogP contribution in [0.15, 0.2) is 83.8 Å². The molecule has 0 aromatic heterocycles. The number of benzene rings is 3. The lowest BCUT2D eigenvalue weighted by Crippen LogP contribution is -2.34. The summed E-state index contributed by atoms with van der Waals surface area (Å²) in [5.74, 6) is -0.390. The lowest BCUT2D eigenvalue weighted by atomic mass is 10.2. The highest BCUT2D eigenvalue weighted by Crippen LogP contribution is 2.18. The van der Waals surface area contributed by atoms with Gasteiger partial charge in [0.1, 0.15) is 24.5 Å². The SMILES string of the molecule is CC(C)(C)OC(=O)CNS(=O)(=O)c1ccc(NC(=O)c2ccc(OCc3ccccc3)cc2)cc1. The van der Waals surface area contributed by atoms with E-state index in [0.29, 0.717) is 23.6 Å². The van der Waals surface area contributed by atoms with E-state index >= 15 is 0 Å². The number of ether oxygens (including phenoxy) is 2. The second-order valence-corrected chi connectivity index (χ2v) is 10.5. The maximum atomic E-state index is 12.5. The molecule has 0 aliphatic carbocycles. The smallest absolute Gasteiger partial charge is 0.321 e. The molecule has 0 saturated carbocycles. The molecule has 0 unspecified atom stereocenters. The summed E-state index contributed by atoms with van der Waals surface area (Å²) < 4.78 is 37.9. The maximum absolute atomic E-state index is 12.5. The summed E-state index contributed by atoms with van der Waals surface area (Å²) in [4.78, 5) is 24.3. The minimum absolute atomic E-state index is 0.0426. The fourth-order valence-corrected chi connectivity index (χ4v) is 3.95. The number of carbonyl (C=O) groups excluding carboxylic acids is 2. The molecule has 8 nitrogen and oxygen atoms in total. The van der Waals surface area contributed by atoms with E-state index < -0.39 is 28.1 Å². The minimum Gasteiger partial charge on any atom is -0.489 e. The quantitative estimate of drug-likeness (QED) is 0.431. The third-order valence-electron chi connectivity index (χ3n) is 4.61. The highest BCUT2D eigenvalue weighted by molar-refractivity contribution is 7.89. The van der Waals surface area contributed by atoms with Crippen LogP contribution in [0.25, 0.3) is 0 Å². The Bertz CT molecular complexity index is 1250. The Morgan fingerprint density at radius 3 is 2.09 bits per heavy atom. The van der Waals surface area contributed by atoms with E-state index in [0.717, 1.165) is 5.56 Å². The lowest BCUT2D eigenvalue weighted by Gasteiger charge is -2.19. The van der Waals surface area contributed by atoms with Crippen LogP contribution in [0.3, 0.4) is 0 Å². The molecular formula is C26H28N2O6S. The third kappa shape index (κ3) is 8.24. The van der Waals surface area contributed by atoms with Gasteiger partial charge in [0.25, 0.3) is 5.91 Å². The number of hydrogen-bond donors (Lipinski definition) is 2. The lowest BCUT2D eigenvalue weighted by molar-refractivity contribution is -0.153. The topological polar surface area (TPSA) is 111 Å². The predicted octanol–water partition coefficient (Wildman–Crippen LogP) is 4.14. The number of anilines is 1. The van der Waals surface area contributed by atoms with Crippen LogP contribution < -0.4 is 14.8 Å². The molecule has 9 heteroatoms. The fourth-order valence-electron chi connectivity index (χ4n) is 2.98. The Labute approximate surface area is 205 Å². The van der Waals surface area contributed by atoms with Crippen LogP contribution in [-0.4, -0.2) is 32.4 Å². The van der Waals surface area contributed by atoms with Gasteiger partial charge in [-0.3, -0.25) is 9.59 Å². The molecule has 3 aromatic carbocycles. The zero-order valence-corrected chi connectivity index (χ0v) is 20.6. The summed E-state index contributed by atoms with van der Waals surface area (Å²) in [7, 11) is -3.92. The third-order valence-corrected chi connectivity index (χ3v) is 6.03. The first-order valence-corrected chi connectivity index (χ1v) is 12.4. The molecule has 0 saturated heterocycles. The maximum Gasteiger partial charge on any atom is 0.321 e. The number of esters is 1. The van der Waals surface area contributed by atoms with Crippen molar-refractivity contribution in [3.63, 3.8) is 0 Å². The van der Waals surface area contributed by atoms with Crippen molar-refractivity contribution in [2.75, 3.05) is 11.9 Å². The highest BCUT2D eigenvalue weighted by Gasteiger charge is 2.20. The van der Waals surface area contributed by atoms with Crippen molar-refractivity contribution in [1.82, 2.24) is 4.72 Å². The summed E-state index contributed by atoms with van der Waals surface area (Å²) in [6.07, 6.45) is 0. The number of carbonyl (C=O) groups is 2. The van der Waals surface area contributed by atoms with Gasteiger partial charge in [-0.05, 0) is 74.9 Å². The van der Waals surface area contributed by atoms with E-state index in [4.69, 9.17) is 9.47 Å². The zero-order valence-electron chi connectivity index (χ0n) is 19.8. The molecule has 3 rings (SSSR count). The molecule has 0 atom stereocenters. The Hall–Kier alpha value is -3.69. The first kappa shape index (κ1) is 25.9. The first-order valence-electron chi connectivity index (χ1n) is 10.9. The molecular weight excluding hydrogens is 468 g/mol. The summed E-state index contributed by atoms with van der Waals surface area (Å²) >= 11 is 0. The molecule has 1 amide bonds. The molecule has 0 fully saturated rings. The van der Waals surface area contributed by atoms with Gasteiger partial charge in [0.05, 0.1) is 4.90 Å².